The van der Waals surface area contributed by atoms with Crippen molar-refractivity contribution >= 4 is 11.8 Å². The summed E-state index contributed by atoms with van der Waals surface area (Å²) >= 11 is 0. The van der Waals surface area contributed by atoms with Gasteiger partial charge in [0.15, 0.2) is 0 Å². The molecule has 1 rings (SSSR count). The molecule has 0 aromatic heterocycles. The van der Waals surface area contributed by atoms with Crippen LogP contribution in [0.5, 0.6) is 0 Å². The Bertz CT molecular complexity index is 345. The highest BCUT2D eigenvalue weighted by molar-refractivity contribution is 5.90. The largest absolute Gasteiger partial charge is 0.344 e. The molecule has 1 aliphatic heterocycles. The summed E-state index contributed by atoms with van der Waals surface area (Å²) in [6.07, 6.45) is 1.11. The Balaban J connectivity index is 2.92. The minimum Gasteiger partial charge on any atom is -0.344 e. The van der Waals surface area contributed by atoms with Crippen molar-refractivity contribution in [2.24, 2.45) is 11.3 Å². The topological polar surface area (TPSA) is 49.4 Å². The van der Waals surface area contributed by atoms with E-state index in [9.17, 15) is 9.59 Å². The van der Waals surface area contributed by atoms with Gasteiger partial charge in [0.05, 0.1) is 0 Å². The van der Waals surface area contributed by atoms with Crippen LogP contribution in [0.15, 0.2) is 0 Å². The molecule has 2 atom stereocenters. The Labute approximate surface area is 116 Å². The van der Waals surface area contributed by atoms with Crippen molar-refractivity contribution in [2.75, 3.05) is 6.54 Å². The second-order valence-electron chi connectivity index (χ2n) is 7.07. The molecule has 4 nitrogen and oxygen atoms in total. The van der Waals surface area contributed by atoms with Gasteiger partial charge in [-0.05, 0) is 24.7 Å². The van der Waals surface area contributed by atoms with Crippen molar-refractivity contribution in [3.05, 3.63) is 0 Å². The first kappa shape index (κ1) is 16.0. The standard InChI is InChI=1S/C15H28N2O2/c1-10(2)9-12-14(19)17(8-7-13(18)16-12)11(3)15(4,5)6/h10-12H,7-9H2,1-6H3,(H,16,18). The number of amides is 2. The lowest BCUT2D eigenvalue weighted by Crippen LogP contribution is -2.51. The van der Waals surface area contributed by atoms with Crippen molar-refractivity contribution in [3.63, 3.8) is 0 Å². The molecule has 1 fully saturated rings. The molecule has 0 aromatic carbocycles. The highest BCUT2D eigenvalue weighted by Crippen LogP contribution is 2.26. The van der Waals surface area contributed by atoms with Gasteiger partial charge in [-0.1, -0.05) is 34.6 Å². The van der Waals surface area contributed by atoms with Gasteiger partial charge in [-0.15, -0.1) is 0 Å². The molecule has 2 amide bonds. The summed E-state index contributed by atoms with van der Waals surface area (Å²) in [5.41, 5.74) is 0.0193. The Morgan fingerprint density at radius 1 is 1.26 bits per heavy atom. The van der Waals surface area contributed by atoms with E-state index in [2.05, 4.69) is 46.9 Å². The SMILES string of the molecule is CC(C)CC1NC(=O)CCN(C(C)C(C)(C)C)C1=O. The number of hydrogen-bond acceptors (Lipinski definition) is 2. The molecule has 1 aliphatic rings. The predicted molar refractivity (Wildman–Crippen MR) is 76.6 cm³/mol. The van der Waals surface area contributed by atoms with Gasteiger partial charge in [-0.2, -0.15) is 0 Å². The third-order valence-corrected chi connectivity index (χ3v) is 3.92. The van der Waals surface area contributed by atoms with Gasteiger partial charge >= 0.3 is 0 Å². The summed E-state index contributed by atoms with van der Waals surface area (Å²) in [6.45, 7) is 13.1. The molecule has 0 saturated carbocycles. The molecule has 0 radical (unpaired) electrons. The summed E-state index contributed by atoms with van der Waals surface area (Å²) in [5, 5.41) is 2.87. The molecule has 1 N–H and O–H groups in total. The van der Waals surface area contributed by atoms with E-state index >= 15 is 0 Å². The predicted octanol–water partition coefficient (Wildman–Crippen LogP) is 2.18. The Morgan fingerprint density at radius 2 is 1.84 bits per heavy atom. The van der Waals surface area contributed by atoms with E-state index in [1.165, 1.54) is 0 Å². The van der Waals surface area contributed by atoms with Crippen LogP contribution in [0.25, 0.3) is 0 Å². The molecule has 1 saturated heterocycles. The smallest absolute Gasteiger partial charge is 0.245 e. The number of rotatable bonds is 3. The summed E-state index contributed by atoms with van der Waals surface area (Å²) in [7, 11) is 0. The van der Waals surface area contributed by atoms with Crippen LogP contribution in [0.1, 0.15) is 54.4 Å². The lowest BCUT2D eigenvalue weighted by Gasteiger charge is -2.38. The maximum absolute atomic E-state index is 12.6. The average Bonchev–Trinajstić information content (AvgIpc) is 2.37. The third-order valence-electron chi connectivity index (χ3n) is 3.92. The lowest BCUT2D eigenvalue weighted by atomic mass is 9.86. The first-order valence-corrected chi connectivity index (χ1v) is 7.22. The highest BCUT2D eigenvalue weighted by Gasteiger charge is 2.36. The normalized spacial score (nSPS) is 23.3. The van der Waals surface area contributed by atoms with Crippen molar-refractivity contribution in [1.29, 1.82) is 0 Å². The van der Waals surface area contributed by atoms with Gasteiger partial charge in [0, 0.05) is 19.0 Å². The molecular formula is C15H28N2O2. The lowest BCUT2D eigenvalue weighted by molar-refractivity contribution is -0.137. The fourth-order valence-electron chi connectivity index (χ4n) is 2.34. The van der Waals surface area contributed by atoms with Crippen LogP contribution in [0.4, 0.5) is 0 Å². The number of carbonyl (C=O) groups excluding carboxylic acids is 2. The third kappa shape index (κ3) is 4.22. The van der Waals surface area contributed by atoms with E-state index in [0.29, 0.717) is 25.3 Å². The fraction of sp³-hybridized carbons (Fsp3) is 0.867. The maximum Gasteiger partial charge on any atom is 0.245 e. The van der Waals surface area contributed by atoms with Crippen LogP contribution in [0, 0.1) is 11.3 Å². The maximum atomic E-state index is 12.6. The molecule has 0 aromatic rings. The van der Waals surface area contributed by atoms with E-state index in [0.717, 1.165) is 0 Å². The van der Waals surface area contributed by atoms with Gasteiger partial charge < -0.3 is 10.2 Å². The Hall–Kier alpha value is -1.06. The average molecular weight is 268 g/mol. The minimum absolute atomic E-state index is 0.0115. The summed E-state index contributed by atoms with van der Waals surface area (Å²) in [5.74, 6) is 0.448. The Morgan fingerprint density at radius 3 is 2.32 bits per heavy atom. The van der Waals surface area contributed by atoms with Crippen LogP contribution in [0.3, 0.4) is 0 Å². The number of carbonyl (C=O) groups is 2. The zero-order valence-electron chi connectivity index (χ0n) is 13.1. The molecule has 2 unspecified atom stereocenters. The van der Waals surface area contributed by atoms with E-state index in [4.69, 9.17) is 0 Å². The molecule has 0 bridgehead atoms. The molecule has 1 heterocycles. The first-order valence-electron chi connectivity index (χ1n) is 7.22. The van der Waals surface area contributed by atoms with E-state index in [-0.39, 0.29) is 29.3 Å². The zero-order valence-corrected chi connectivity index (χ0v) is 13.1. The van der Waals surface area contributed by atoms with Crippen LogP contribution in [0.2, 0.25) is 0 Å². The van der Waals surface area contributed by atoms with Crippen LogP contribution >= 0.6 is 0 Å². The van der Waals surface area contributed by atoms with Crippen LogP contribution < -0.4 is 5.32 Å². The van der Waals surface area contributed by atoms with Crippen LogP contribution in [-0.2, 0) is 9.59 Å². The Kier molecular flexibility index (Phi) is 4.99. The second-order valence-corrected chi connectivity index (χ2v) is 7.07. The molecule has 0 spiro atoms. The van der Waals surface area contributed by atoms with E-state index < -0.39 is 0 Å². The molecule has 19 heavy (non-hydrogen) atoms. The molecule has 0 aliphatic carbocycles. The van der Waals surface area contributed by atoms with Crippen molar-refractivity contribution in [2.45, 2.75) is 66.5 Å². The molecular weight excluding hydrogens is 240 g/mol. The monoisotopic (exact) mass is 268 g/mol. The quantitative estimate of drug-likeness (QED) is 0.853. The molecule has 4 heteroatoms. The summed E-state index contributed by atoms with van der Waals surface area (Å²) < 4.78 is 0. The van der Waals surface area contributed by atoms with E-state index in [1.807, 2.05) is 4.90 Å². The molecule has 110 valence electrons. The van der Waals surface area contributed by atoms with Crippen molar-refractivity contribution < 1.29 is 9.59 Å². The fourth-order valence-corrected chi connectivity index (χ4v) is 2.34. The second kappa shape index (κ2) is 5.93. The highest BCUT2D eigenvalue weighted by atomic mass is 16.2. The summed E-state index contributed by atoms with van der Waals surface area (Å²) in [6, 6.07) is -0.234. The first-order chi connectivity index (χ1) is 8.62. The van der Waals surface area contributed by atoms with Gasteiger partial charge in [-0.3, -0.25) is 9.59 Å². The van der Waals surface area contributed by atoms with Gasteiger partial charge in [0.25, 0.3) is 0 Å². The summed E-state index contributed by atoms with van der Waals surface area (Å²) in [4.78, 5) is 26.3. The van der Waals surface area contributed by atoms with E-state index in [1.54, 1.807) is 0 Å². The van der Waals surface area contributed by atoms with Gasteiger partial charge in [0.1, 0.15) is 6.04 Å². The number of nitrogens with zero attached hydrogens (tertiary/aromatic N) is 1. The van der Waals surface area contributed by atoms with Gasteiger partial charge in [0.2, 0.25) is 11.8 Å². The van der Waals surface area contributed by atoms with Gasteiger partial charge in [-0.25, -0.2) is 0 Å². The van der Waals surface area contributed by atoms with Crippen LogP contribution in [-0.4, -0.2) is 35.3 Å². The minimum atomic E-state index is -0.361. The van der Waals surface area contributed by atoms with Crippen molar-refractivity contribution in [3.8, 4) is 0 Å². The van der Waals surface area contributed by atoms with Crippen molar-refractivity contribution in [1.82, 2.24) is 10.2 Å². The number of hydrogen-bond donors (Lipinski definition) is 1. The zero-order chi connectivity index (χ0) is 14.8. The number of nitrogens with one attached hydrogen (secondary N) is 1.